The molecule has 5 rings (SSSR count). The number of hydrogen-bond acceptors (Lipinski definition) is 5. The molecule has 2 heterocycles. The van der Waals surface area contributed by atoms with E-state index in [9.17, 15) is 9.18 Å². The number of amidine groups is 1. The highest BCUT2D eigenvalue weighted by atomic mass is 19.1. The number of aliphatic imine (C=N–C) groups is 1. The monoisotopic (exact) mass is 445 g/mol. The van der Waals surface area contributed by atoms with Crippen LogP contribution in [0.5, 0.6) is 17.2 Å². The zero-order valence-corrected chi connectivity index (χ0v) is 18.5. The molecule has 6 nitrogen and oxygen atoms in total. The molecule has 3 aromatic carbocycles. The number of piperazine rings is 1. The molecule has 0 saturated carbocycles. The number of rotatable bonds is 2. The van der Waals surface area contributed by atoms with E-state index in [2.05, 4.69) is 4.90 Å². The van der Waals surface area contributed by atoms with Gasteiger partial charge in [-0.25, -0.2) is 9.38 Å². The third-order valence-electron chi connectivity index (χ3n) is 6.02. The second-order valence-corrected chi connectivity index (χ2v) is 8.17. The van der Waals surface area contributed by atoms with Gasteiger partial charge < -0.3 is 19.3 Å². The van der Waals surface area contributed by atoms with E-state index < -0.39 is 0 Å². The SMILES string of the molecule is COc1ccc2c(c1)C(N1CCN(C(=O)c3ccc(F)cc3)[C@@H](C)C1)=Nc1ccccc1O2. The van der Waals surface area contributed by atoms with Crippen LogP contribution in [0.25, 0.3) is 0 Å². The van der Waals surface area contributed by atoms with Crippen LogP contribution in [0.2, 0.25) is 0 Å². The molecule has 0 spiro atoms. The summed E-state index contributed by atoms with van der Waals surface area (Å²) >= 11 is 0. The molecule has 1 saturated heterocycles. The van der Waals surface area contributed by atoms with Gasteiger partial charge in [-0.3, -0.25) is 4.79 Å². The third kappa shape index (κ3) is 4.02. The highest BCUT2D eigenvalue weighted by molar-refractivity contribution is 6.04. The Bertz CT molecular complexity index is 1230. The average Bonchev–Trinajstić information content (AvgIpc) is 3.00. The van der Waals surface area contributed by atoms with Crippen LogP contribution in [0.15, 0.2) is 71.7 Å². The Balaban J connectivity index is 1.46. The molecule has 0 radical (unpaired) electrons. The lowest BCUT2D eigenvalue weighted by Crippen LogP contribution is -2.55. The van der Waals surface area contributed by atoms with Gasteiger partial charge in [-0.15, -0.1) is 0 Å². The maximum atomic E-state index is 13.3. The summed E-state index contributed by atoms with van der Waals surface area (Å²) in [6.45, 7) is 3.75. The quantitative estimate of drug-likeness (QED) is 0.565. The molecule has 168 valence electrons. The fourth-order valence-corrected chi connectivity index (χ4v) is 4.28. The lowest BCUT2D eigenvalue weighted by molar-refractivity contribution is 0.0581. The van der Waals surface area contributed by atoms with Crippen molar-refractivity contribution in [3.63, 3.8) is 0 Å². The summed E-state index contributed by atoms with van der Waals surface area (Å²) in [4.78, 5) is 22.0. The van der Waals surface area contributed by atoms with Gasteiger partial charge in [0.05, 0.1) is 12.7 Å². The topological polar surface area (TPSA) is 54.4 Å². The Hall–Kier alpha value is -3.87. The van der Waals surface area contributed by atoms with Crippen LogP contribution < -0.4 is 9.47 Å². The van der Waals surface area contributed by atoms with Crippen LogP contribution >= 0.6 is 0 Å². The second kappa shape index (κ2) is 8.58. The molecule has 0 aromatic heterocycles. The fourth-order valence-electron chi connectivity index (χ4n) is 4.28. The zero-order valence-electron chi connectivity index (χ0n) is 18.5. The summed E-state index contributed by atoms with van der Waals surface area (Å²) in [6.07, 6.45) is 0. The summed E-state index contributed by atoms with van der Waals surface area (Å²) in [7, 11) is 1.63. The van der Waals surface area contributed by atoms with Gasteiger partial charge >= 0.3 is 0 Å². The minimum absolute atomic E-state index is 0.0625. The number of carbonyl (C=O) groups excluding carboxylic acids is 1. The van der Waals surface area contributed by atoms with Crippen molar-refractivity contribution in [2.75, 3.05) is 26.7 Å². The largest absolute Gasteiger partial charge is 0.497 e. The Morgan fingerprint density at radius 2 is 1.85 bits per heavy atom. The van der Waals surface area contributed by atoms with Crippen LogP contribution in [0.4, 0.5) is 10.1 Å². The van der Waals surface area contributed by atoms with Gasteiger partial charge in [-0.05, 0) is 61.5 Å². The van der Waals surface area contributed by atoms with Gasteiger partial charge in [-0.1, -0.05) is 12.1 Å². The Morgan fingerprint density at radius 1 is 1.06 bits per heavy atom. The van der Waals surface area contributed by atoms with Crippen molar-refractivity contribution < 1.29 is 18.7 Å². The van der Waals surface area contributed by atoms with E-state index in [1.54, 1.807) is 7.11 Å². The molecular weight excluding hydrogens is 421 g/mol. The molecule has 0 unspecified atom stereocenters. The van der Waals surface area contributed by atoms with Crippen LogP contribution in [-0.2, 0) is 0 Å². The van der Waals surface area contributed by atoms with Crippen molar-refractivity contribution >= 4 is 17.4 Å². The van der Waals surface area contributed by atoms with Crippen molar-refractivity contribution in [3.8, 4) is 17.2 Å². The molecule has 3 aromatic rings. The maximum absolute atomic E-state index is 13.3. The molecule has 7 heteroatoms. The molecule has 1 atom stereocenters. The summed E-state index contributed by atoms with van der Waals surface area (Å²) < 4.78 is 24.9. The first-order valence-electron chi connectivity index (χ1n) is 10.9. The number of halogens is 1. The molecule has 0 aliphatic carbocycles. The van der Waals surface area contributed by atoms with Crippen LogP contribution in [0.1, 0.15) is 22.8 Å². The normalized spacial score (nSPS) is 17.3. The third-order valence-corrected chi connectivity index (χ3v) is 6.02. The molecule has 0 bridgehead atoms. The molecule has 2 aliphatic heterocycles. The molecule has 0 N–H and O–H groups in total. The number of fused-ring (bicyclic) bond motifs is 2. The number of methoxy groups -OCH3 is 1. The maximum Gasteiger partial charge on any atom is 0.254 e. The number of para-hydroxylation sites is 2. The first-order chi connectivity index (χ1) is 16.0. The lowest BCUT2D eigenvalue weighted by Gasteiger charge is -2.41. The van der Waals surface area contributed by atoms with E-state index in [0.29, 0.717) is 42.4 Å². The van der Waals surface area contributed by atoms with E-state index in [-0.39, 0.29) is 17.8 Å². The number of hydrogen-bond donors (Lipinski definition) is 0. The Labute approximate surface area is 191 Å². The van der Waals surface area contributed by atoms with Gasteiger partial charge in [0, 0.05) is 31.2 Å². The number of carbonyl (C=O) groups is 1. The van der Waals surface area contributed by atoms with E-state index in [1.807, 2.05) is 54.3 Å². The van der Waals surface area contributed by atoms with Crippen molar-refractivity contribution in [2.45, 2.75) is 13.0 Å². The highest BCUT2D eigenvalue weighted by Gasteiger charge is 2.32. The second-order valence-electron chi connectivity index (χ2n) is 8.17. The van der Waals surface area contributed by atoms with Crippen LogP contribution in [0, 0.1) is 5.82 Å². The molecular formula is C26H24FN3O3. The Kier molecular flexibility index (Phi) is 5.46. The van der Waals surface area contributed by atoms with Crippen molar-refractivity contribution in [2.24, 2.45) is 4.99 Å². The number of amides is 1. The first-order valence-corrected chi connectivity index (χ1v) is 10.9. The first kappa shape index (κ1) is 21.0. The predicted octanol–water partition coefficient (Wildman–Crippen LogP) is 4.86. The minimum Gasteiger partial charge on any atom is -0.497 e. The highest BCUT2D eigenvalue weighted by Crippen LogP contribution is 2.39. The molecule has 33 heavy (non-hydrogen) atoms. The van der Waals surface area contributed by atoms with E-state index >= 15 is 0 Å². The predicted molar refractivity (Wildman–Crippen MR) is 124 cm³/mol. The summed E-state index contributed by atoms with van der Waals surface area (Å²) in [5.74, 6) is 2.45. The number of nitrogens with zero attached hydrogens (tertiary/aromatic N) is 3. The summed E-state index contributed by atoms with van der Waals surface area (Å²) in [5, 5.41) is 0. The van der Waals surface area contributed by atoms with Gasteiger partial charge in [0.2, 0.25) is 0 Å². The number of benzene rings is 3. The lowest BCUT2D eigenvalue weighted by atomic mass is 10.1. The smallest absolute Gasteiger partial charge is 0.254 e. The molecule has 1 fully saturated rings. The van der Waals surface area contributed by atoms with Gasteiger partial charge in [0.25, 0.3) is 5.91 Å². The average molecular weight is 445 g/mol. The molecule has 1 amide bonds. The van der Waals surface area contributed by atoms with Gasteiger partial charge in [-0.2, -0.15) is 0 Å². The van der Waals surface area contributed by atoms with Crippen molar-refractivity contribution in [1.29, 1.82) is 0 Å². The molecule has 2 aliphatic rings. The summed E-state index contributed by atoms with van der Waals surface area (Å²) in [6, 6.07) is 19.0. The summed E-state index contributed by atoms with van der Waals surface area (Å²) in [5.41, 5.74) is 2.08. The van der Waals surface area contributed by atoms with Crippen molar-refractivity contribution in [1.82, 2.24) is 9.80 Å². The van der Waals surface area contributed by atoms with E-state index in [4.69, 9.17) is 14.5 Å². The Morgan fingerprint density at radius 3 is 2.61 bits per heavy atom. The van der Waals surface area contributed by atoms with Crippen LogP contribution in [-0.4, -0.2) is 54.3 Å². The van der Waals surface area contributed by atoms with Crippen molar-refractivity contribution in [3.05, 3.63) is 83.7 Å². The van der Waals surface area contributed by atoms with E-state index in [1.165, 1.54) is 24.3 Å². The number of ether oxygens (including phenoxy) is 2. The standard InChI is InChI=1S/C26H24FN3O3/c1-17-16-29(13-14-30(17)26(31)18-7-9-19(27)10-8-18)25-21-15-20(32-2)11-12-23(21)33-24-6-4-3-5-22(24)28-25/h3-12,15,17H,13-14,16H2,1-2H3/t17-/m0/s1. The zero-order chi connectivity index (χ0) is 22.9. The van der Waals surface area contributed by atoms with Crippen LogP contribution in [0.3, 0.4) is 0 Å². The van der Waals surface area contributed by atoms with E-state index in [0.717, 1.165) is 17.1 Å². The van der Waals surface area contributed by atoms with Gasteiger partial charge in [0.15, 0.2) is 5.75 Å². The minimum atomic E-state index is -0.354. The fraction of sp³-hybridized carbons (Fsp3) is 0.231. The van der Waals surface area contributed by atoms with Gasteiger partial charge in [0.1, 0.15) is 28.8 Å².